The van der Waals surface area contributed by atoms with E-state index in [-0.39, 0.29) is 5.75 Å². The van der Waals surface area contributed by atoms with E-state index in [4.69, 9.17) is 4.74 Å². The highest BCUT2D eigenvalue weighted by Crippen LogP contribution is 2.41. The van der Waals surface area contributed by atoms with Crippen molar-refractivity contribution in [2.75, 3.05) is 6.61 Å². The molecule has 0 amide bonds. The monoisotopic (exact) mass is 334 g/mol. The third-order valence-corrected chi connectivity index (χ3v) is 5.81. The minimum Gasteiger partial charge on any atom is -0.491 e. The highest BCUT2D eigenvalue weighted by Gasteiger charge is 2.28. The molecule has 0 aliphatic heterocycles. The Bertz CT molecular complexity index is 567. The smallest absolute Gasteiger partial charge is 0.201 e. The summed E-state index contributed by atoms with van der Waals surface area (Å²) in [6.45, 7) is 2.09. The van der Waals surface area contributed by atoms with E-state index < -0.39 is 11.6 Å². The Labute approximate surface area is 144 Å². The van der Waals surface area contributed by atoms with Crippen LogP contribution < -0.4 is 4.74 Å². The fourth-order valence-corrected chi connectivity index (χ4v) is 4.42. The van der Waals surface area contributed by atoms with Crippen LogP contribution in [-0.2, 0) is 0 Å². The third-order valence-electron chi connectivity index (χ3n) is 5.81. The molecule has 0 atom stereocenters. The maximum absolute atomic E-state index is 14.1. The van der Waals surface area contributed by atoms with Gasteiger partial charge < -0.3 is 4.74 Å². The third kappa shape index (κ3) is 3.99. The lowest BCUT2D eigenvalue weighted by Crippen LogP contribution is -2.19. The number of benzene rings is 1. The molecular formula is C21H28F2O. The maximum Gasteiger partial charge on any atom is 0.201 e. The van der Waals surface area contributed by atoms with Crippen LogP contribution in [0.5, 0.6) is 5.75 Å². The van der Waals surface area contributed by atoms with Crippen molar-refractivity contribution in [1.82, 2.24) is 0 Å². The van der Waals surface area contributed by atoms with E-state index in [1.54, 1.807) is 19.1 Å². The van der Waals surface area contributed by atoms with E-state index in [0.29, 0.717) is 18.1 Å². The Balaban J connectivity index is 1.57. The van der Waals surface area contributed by atoms with Gasteiger partial charge in [-0.2, -0.15) is 4.39 Å². The number of halogens is 2. The number of allylic oxidation sites excluding steroid dienone is 1. The zero-order valence-corrected chi connectivity index (χ0v) is 14.6. The zero-order valence-electron chi connectivity index (χ0n) is 14.6. The molecule has 2 aliphatic carbocycles. The number of rotatable bonds is 5. The van der Waals surface area contributed by atoms with Crippen LogP contribution >= 0.6 is 0 Å². The summed E-state index contributed by atoms with van der Waals surface area (Å²) in [5.41, 5.74) is 0.314. The first-order valence-electron chi connectivity index (χ1n) is 9.48. The standard InChI is InChI=1S/C21H28F2O/c1-2-24-19-14-13-18(20(22)21(19)23)12-9-15-7-10-17(11-8-15)16-5-3-4-6-16/h9,12-17H,2-8,10-11H2,1H3. The second-order valence-corrected chi connectivity index (χ2v) is 7.29. The van der Waals surface area contributed by atoms with Crippen molar-refractivity contribution in [3.8, 4) is 5.75 Å². The van der Waals surface area contributed by atoms with Gasteiger partial charge in [0.25, 0.3) is 0 Å². The van der Waals surface area contributed by atoms with Crippen LogP contribution in [0.2, 0.25) is 0 Å². The molecule has 132 valence electrons. The summed E-state index contributed by atoms with van der Waals surface area (Å²) in [7, 11) is 0. The first-order valence-corrected chi connectivity index (χ1v) is 9.48. The summed E-state index contributed by atoms with van der Waals surface area (Å²) in [6.07, 6.45) is 14.4. The van der Waals surface area contributed by atoms with E-state index in [0.717, 1.165) is 11.8 Å². The van der Waals surface area contributed by atoms with Gasteiger partial charge in [-0.3, -0.25) is 0 Å². The molecule has 2 saturated carbocycles. The van der Waals surface area contributed by atoms with Crippen LogP contribution in [0.1, 0.15) is 63.9 Å². The molecule has 2 aliphatic rings. The second kappa shape index (κ2) is 8.13. The van der Waals surface area contributed by atoms with Crippen LogP contribution in [0.15, 0.2) is 18.2 Å². The maximum atomic E-state index is 14.1. The predicted octanol–water partition coefficient (Wildman–Crippen LogP) is 6.37. The van der Waals surface area contributed by atoms with Crippen molar-refractivity contribution in [3.05, 3.63) is 35.4 Å². The lowest BCUT2D eigenvalue weighted by atomic mass is 9.75. The lowest BCUT2D eigenvalue weighted by Gasteiger charge is -2.31. The predicted molar refractivity (Wildman–Crippen MR) is 94.0 cm³/mol. The first kappa shape index (κ1) is 17.4. The summed E-state index contributed by atoms with van der Waals surface area (Å²) in [5, 5.41) is 0. The minimum atomic E-state index is -0.885. The molecule has 1 aromatic rings. The highest BCUT2D eigenvalue weighted by atomic mass is 19.2. The van der Waals surface area contributed by atoms with Gasteiger partial charge in [-0.15, -0.1) is 0 Å². The molecule has 3 rings (SSSR count). The molecule has 1 aromatic carbocycles. The molecule has 0 heterocycles. The Kier molecular flexibility index (Phi) is 5.91. The van der Waals surface area contributed by atoms with Gasteiger partial charge in [-0.1, -0.05) is 37.8 Å². The zero-order chi connectivity index (χ0) is 16.9. The SMILES string of the molecule is CCOc1ccc(C=CC2CCC(C3CCCC3)CC2)c(F)c1F. The molecule has 3 heteroatoms. The number of hydrogen-bond donors (Lipinski definition) is 0. The molecule has 0 spiro atoms. The van der Waals surface area contributed by atoms with Gasteiger partial charge in [-0.25, -0.2) is 4.39 Å². The fraction of sp³-hybridized carbons (Fsp3) is 0.619. The molecule has 1 nitrogen and oxygen atoms in total. The molecule has 2 fully saturated rings. The molecule has 0 saturated heterocycles. The van der Waals surface area contributed by atoms with Gasteiger partial charge in [-0.05, 0) is 62.5 Å². The van der Waals surface area contributed by atoms with Crippen molar-refractivity contribution >= 4 is 6.08 Å². The quantitative estimate of drug-likeness (QED) is 0.607. The Hall–Kier alpha value is -1.38. The summed E-state index contributed by atoms with van der Waals surface area (Å²) in [5.74, 6) is 0.645. The summed E-state index contributed by atoms with van der Waals surface area (Å²) in [6, 6.07) is 3.11. The van der Waals surface area contributed by atoms with Crippen molar-refractivity contribution in [3.63, 3.8) is 0 Å². The van der Waals surface area contributed by atoms with Crippen LogP contribution in [-0.4, -0.2) is 6.61 Å². The average molecular weight is 334 g/mol. The topological polar surface area (TPSA) is 9.23 Å². The van der Waals surface area contributed by atoms with E-state index in [1.807, 2.05) is 0 Å². The van der Waals surface area contributed by atoms with Crippen LogP contribution in [0.3, 0.4) is 0 Å². The molecule has 0 radical (unpaired) electrons. The van der Waals surface area contributed by atoms with Crippen molar-refractivity contribution in [1.29, 1.82) is 0 Å². The van der Waals surface area contributed by atoms with Gasteiger partial charge in [0.05, 0.1) is 6.61 Å². The van der Waals surface area contributed by atoms with Crippen molar-refractivity contribution in [2.24, 2.45) is 17.8 Å². The van der Waals surface area contributed by atoms with Crippen LogP contribution in [0.4, 0.5) is 8.78 Å². The van der Waals surface area contributed by atoms with Crippen molar-refractivity contribution < 1.29 is 13.5 Å². The van der Waals surface area contributed by atoms with Gasteiger partial charge >= 0.3 is 0 Å². The molecule has 0 N–H and O–H groups in total. The summed E-state index contributed by atoms with van der Waals surface area (Å²) in [4.78, 5) is 0. The summed E-state index contributed by atoms with van der Waals surface area (Å²) < 4.78 is 33.1. The second-order valence-electron chi connectivity index (χ2n) is 7.29. The van der Waals surface area contributed by atoms with E-state index >= 15 is 0 Å². The Morgan fingerprint density at radius 2 is 1.62 bits per heavy atom. The normalized spacial score (nSPS) is 25.5. The molecule has 24 heavy (non-hydrogen) atoms. The largest absolute Gasteiger partial charge is 0.491 e. The van der Waals surface area contributed by atoms with E-state index in [9.17, 15) is 8.78 Å². The Morgan fingerprint density at radius 1 is 0.958 bits per heavy atom. The van der Waals surface area contributed by atoms with Crippen molar-refractivity contribution in [2.45, 2.75) is 58.3 Å². The highest BCUT2D eigenvalue weighted by molar-refractivity contribution is 5.52. The molecular weight excluding hydrogens is 306 g/mol. The van der Waals surface area contributed by atoms with Gasteiger partial charge in [0, 0.05) is 5.56 Å². The van der Waals surface area contributed by atoms with E-state index in [1.165, 1.54) is 57.4 Å². The average Bonchev–Trinajstić information content (AvgIpc) is 3.14. The minimum absolute atomic E-state index is 0.00998. The summed E-state index contributed by atoms with van der Waals surface area (Å²) >= 11 is 0. The van der Waals surface area contributed by atoms with Gasteiger partial charge in [0.2, 0.25) is 5.82 Å². The van der Waals surface area contributed by atoms with E-state index in [2.05, 4.69) is 6.08 Å². The van der Waals surface area contributed by atoms with Gasteiger partial charge in [0.1, 0.15) is 0 Å². The fourth-order valence-electron chi connectivity index (χ4n) is 4.42. The number of hydrogen-bond acceptors (Lipinski definition) is 1. The number of ether oxygens (including phenoxy) is 1. The van der Waals surface area contributed by atoms with Crippen LogP contribution in [0.25, 0.3) is 6.08 Å². The first-order chi connectivity index (χ1) is 11.7. The van der Waals surface area contributed by atoms with Crippen LogP contribution in [0, 0.1) is 29.4 Å². The van der Waals surface area contributed by atoms with Gasteiger partial charge in [0.15, 0.2) is 11.6 Å². The lowest BCUT2D eigenvalue weighted by molar-refractivity contribution is 0.226. The molecule has 0 bridgehead atoms. The molecule has 0 aromatic heterocycles. The molecule has 0 unspecified atom stereocenters. The Morgan fingerprint density at radius 3 is 2.29 bits per heavy atom.